The van der Waals surface area contributed by atoms with Crippen LogP contribution >= 0.6 is 0 Å². The van der Waals surface area contributed by atoms with Gasteiger partial charge in [0.25, 0.3) is 0 Å². The number of carboxylic acid groups (broad SMARTS) is 1. The highest BCUT2D eigenvalue weighted by Gasteiger charge is 2.10. The number of nitrogen functional groups attached to an aromatic ring is 1. The predicted octanol–water partition coefficient (Wildman–Crippen LogP) is 0.776. The number of hydrogen-bond donors (Lipinski definition) is 2. The summed E-state index contributed by atoms with van der Waals surface area (Å²) in [6.45, 7) is 0. The molecule has 1 aromatic carbocycles. The number of methoxy groups -OCH3 is 1. The van der Waals surface area contributed by atoms with Gasteiger partial charge in [0.2, 0.25) is 0 Å². The summed E-state index contributed by atoms with van der Waals surface area (Å²) in [5.74, 6) is -0.639. The number of nitrogens with two attached hydrogens (primary N) is 1. The molecule has 1 rings (SSSR count). The second-order valence-corrected chi connectivity index (χ2v) is 2.93. The van der Waals surface area contributed by atoms with E-state index in [4.69, 9.17) is 20.8 Å². The zero-order valence-corrected chi connectivity index (χ0v) is 8.15. The first-order chi connectivity index (χ1) is 7.08. The number of carbonyl (C=O) groups is 1. The Labute approximate surface area is 86.7 Å². The largest absolute Gasteiger partial charge is 0.495 e. The summed E-state index contributed by atoms with van der Waals surface area (Å²) in [5, 5.41) is 17.4. The number of aliphatic carboxylic acids is 1. The maximum Gasteiger partial charge on any atom is 0.307 e. The Morgan fingerprint density at radius 2 is 2.33 bits per heavy atom. The molecular formula is C10H10N2O3. The molecule has 0 atom stereocenters. The fourth-order valence-corrected chi connectivity index (χ4v) is 1.21. The smallest absolute Gasteiger partial charge is 0.307 e. The lowest BCUT2D eigenvalue weighted by molar-refractivity contribution is -0.136. The molecule has 5 heteroatoms. The fourth-order valence-electron chi connectivity index (χ4n) is 1.21. The highest BCUT2D eigenvalue weighted by Crippen LogP contribution is 2.25. The molecular weight excluding hydrogens is 196 g/mol. The van der Waals surface area contributed by atoms with Crippen molar-refractivity contribution in [2.75, 3.05) is 12.8 Å². The maximum atomic E-state index is 10.5. The lowest BCUT2D eigenvalue weighted by atomic mass is 10.1. The minimum absolute atomic E-state index is 0.204. The van der Waals surface area contributed by atoms with Gasteiger partial charge >= 0.3 is 5.97 Å². The third kappa shape index (κ3) is 2.38. The number of ether oxygens (including phenoxy) is 1. The van der Waals surface area contributed by atoms with Crippen molar-refractivity contribution in [3.05, 3.63) is 23.3 Å². The summed E-state index contributed by atoms with van der Waals surface area (Å²) < 4.78 is 4.93. The van der Waals surface area contributed by atoms with E-state index < -0.39 is 5.97 Å². The highest BCUT2D eigenvalue weighted by molar-refractivity contribution is 5.74. The van der Waals surface area contributed by atoms with E-state index in [0.29, 0.717) is 17.0 Å². The summed E-state index contributed by atoms with van der Waals surface area (Å²) in [6, 6.07) is 4.80. The molecule has 0 saturated heterocycles. The number of rotatable bonds is 3. The summed E-state index contributed by atoms with van der Waals surface area (Å²) in [7, 11) is 1.42. The first kappa shape index (κ1) is 10.9. The lowest BCUT2D eigenvalue weighted by Crippen LogP contribution is -2.05. The van der Waals surface area contributed by atoms with Crippen LogP contribution in [0.15, 0.2) is 12.1 Å². The molecule has 0 fully saturated rings. The summed E-state index contributed by atoms with van der Waals surface area (Å²) in [5.41, 5.74) is 6.63. The van der Waals surface area contributed by atoms with Crippen LogP contribution in [0.3, 0.4) is 0 Å². The van der Waals surface area contributed by atoms with Crippen molar-refractivity contribution in [2.24, 2.45) is 0 Å². The van der Waals surface area contributed by atoms with Crippen molar-refractivity contribution >= 4 is 11.7 Å². The van der Waals surface area contributed by atoms with E-state index in [2.05, 4.69) is 0 Å². The van der Waals surface area contributed by atoms with Gasteiger partial charge in [-0.3, -0.25) is 4.79 Å². The Morgan fingerprint density at radius 3 is 2.80 bits per heavy atom. The van der Waals surface area contributed by atoms with Crippen LogP contribution in [-0.4, -0.2) is 18.2 Å². The van der Waals surface area contributed by atoms with Crippen LogP contribution in [-0.2, 0) is 11.2 Å². The molecule has 0 spiro atoms. The topological polar surface area (TPSA) is 96.3 Å². The summed E-state index contributed by atoms with van der Waals surface area (Å²) in [6.07, 6.45) is -0.204. The molecule has 0 amide bonds. The fraction of sp³-hybridized carbons (Fsp3) is 0.200. The minimum Gasteiger partial charge on any atom is -0.495 e. The van der Waals surface area contributed by atoms with E-state index in [1.54, 1.807) is 0 Å². The maximum absolute atomic E-state index is 10.5. The van der Waals surface area contributed by atoms with E-state index in [1.165, 1.54) is 19.2 Å². The Balaban J connectivity index is 3.21. The monoisotopic (exact) mass is 206 g/mol. The number of benzene rings is 1. The number of carboxylic acids is 1. The van der Waals surface area contributed by atoms with Gasteiger partial charge in [-0.15, -0.1) is 0 Å². The molecule has 5 nitrogen and oxygen atoms in total. The van der Waals surface area contributed by atoms with Crippen LogP contribution in [0.2, 0.25) is 0 Å². The van der Waals surface area contributed by atoms with Gasteiger partial charge in [0.05, 0.1) is 19.1 Å². The van der Waals surface area contributed by atoms with E-state index >= 15 is 0 Å². The SMILES string of the molecule is COc1cc(N)c(CC(=O)O)cc1C#N. The van der Waals surface area contributed by atoms with Crippen LogP contribution in [0.1, 0.15) is 11.1 Å². The van der Waals surface area contributed by atoms with Crippen molar-refractivity contribution in [1.29, 1.82) is 5.26 Å². The molecule has 78 valence electrons. The number of nitriles is 1. The standard InChI is InChI=1S/C10H10N2O3/c1-15-9-4-8(12)6(3-10(13)14)2-7(9)5-11/h2,4H,3,12H2,1H3,(H,13,14). The van der Waals surface area contributed by atoms with Crippen LogP contribution in [0, 0.1) is 11.3 Å². The van der Waals surface area contributed by atoms with Gasteiger partial charge in [0, 0.05) is 11.8 Å². The van der Waals surface area contributed by atoms with E-state index in [0.717, 1.165) is 0 Å². The molecule has 0 radical (unpaired) electrons. The molecule has 0 aliphatic heterocycles. The summed E-state index contributed by atoms with van der Waals surface area (Å²) >= 11 is 0. The quantitative estimate of drug-likeness (QED) is 0.712. The normalized spacial score (nSPS) is 9.33. The van der Waals surface area contributed by atoms with Gasteiger partial charge in [-0.2, -0.15) is 5.26 Å². The van der Waals surface area contributed by atoms with Crippen molar-refractivity contribution in [2.45, 2.75) is 6.42 Å². The van der Waals surface area contributed by atoms with Crippen LogP contribution in [0.5, 0.6) is 5.75 Å². The predicted molar refractivity (Wildman–Crippen MR) is 53.5 cm³/mol. The van der Waals surface area contributed by atoms with Crippen molar-refractivity contribution < 1.29 is 14.6 Å². The number of nitrogens with zero attached hydrogens (tertiary/aromatic N) is 1. The zero-order chi connectivity index (χ0) is 11.4. The Morgan fingerprint density at radius 1 is 1.67 bits per heavy atom. The molecule has 0 saturated carbocycles. The van der Waals surface area contributed by atoms with E-state index in [-0.39, 0.29) is 12.0 Å². The lowest BCUT2D eigenvalue weighted by Gasteiger charge is -2.07. The van der Waals surface area contributed by atoms with Crippen LogP contribution in [0.25, 0.3) is 0 Å². The van der Waals surface area contributed by atoms with Crippen LogP contribution in [0.4, 0.5) is 5.69 Å². The summed E-state index contributed by atoms with van der Waals surface area (Å²) in [4.78, 5) is 10.5. The molecule has 0 unspecified atom stereocenters. The van der Waals surface area contributed by atoms with Gasteiger partial charge in [-0.05, 0) is 11.6 Å². The zero-order valence-electron chi connectivity index (χ0n) is 8.15. The molecule has 1 aromatic rings. The highest BCUT2D eigenvalue weighted by atomic mass is 16.5. The van der Waals surface area contributed by atoms with Gasteiger partial charge in [0.15, 0.2) is 0 Å². The van der Waals surface area contributed by atoms with E-state index in [1.807, 2.05) is 6.07 Å². The molecule has 0 aliphatic carbocycles. The number of hydrogen-bond acceptors (Lipinski definition) is 4. The Hall–Kier alpha value is -2.22. The number of anilines is 1. The average Bonchev–Trinajstić information content (AvgIpc) is 2.19. The molecule has 0 bridgehead atoms. The molecule has 0 heterocycles. The Bertz CT molecular complexity index is 435. The molecule has 0 aliphatic rings. The third-order valence-corrected chi connectivity index (χ3v) is 1.92. The first-order valence-electron chi connectivity index (χ1n) is 4.16. The van der Waals surface area contributed by atoms with Gasteiger partial charge in [0.1, 0.15) is 11.8 Å². The Kier molecular flexibility index (Phi) is 3.13. The second-order valence-electron chi connectivity index (χ2n) is 2.93. The molecule has 3 N–H and O–H groups in total. The minimum atomic E-state index is -0.990. The average molecular weight is 206 g/mol. The van der Waals surface area contributed by atoms with Gasteiger partial charge in [-0.25, -0.2) is 0 Å². The molecule has 15 heavy (non-hydrogen) atoms. The first-order valence-corrected chi connectivity index (χ1v) is 4.16. The second kappa shape index (κ2) is 4.33. The van der Waals surface area contributed by atoms with Gasteiger partial charge in [-0.1, -0.05) is 0 Å². The van der Waals surface area contributed by atoms with Crippen molar-refractivity contribution in [1.82, 2.24) is 0 Å². The van der Waals surface area contributed by atoms with Crippen LogP contribution < -0.4 is 10.5 Å². The third-order valence-electron chi connectivity index (χ3n) is 1.92. The van der Waals surface area contributed by atoms with E-state index in [9.17, 15) is 4.79 Å². The molecule has 0 aromatic heterocycles. The van der Waals surface area contributed by atoms with Crippen molar-refractivity contribution in [3.63, 3.8) is 0 Å². The van der Waals surface area contributed by atoms with Crippen molar-refractivity contribution in [3.8, 4) is 11.8 Å². The van der Waals surface area contributed by atoms with Gasteiger partial charge < -0.3 is 15.6 Å².